The number of carbonyl (C=O) groups excluding carboxylic acids is 2. The lowest BCUT2D eigenvalue weighted by molar-refractivity contribution is -0.117. The molecule has 1 aliphatic heterocycles. The van der Waals surface area contributed by atoms with E-state index in [2.05, 4.69) is 10.2 Å². The van der Waals surface area contributed by atoms with Crippen LogP contribution >= 0.6 is 11.3 Å². The number of nitrogens with one attached hydrogen (secondary N) is 1. The molecular formula is C17H25N3O3S. The molecular weight excluding hydrogens is 326 g/mol. The number of amides is 2. The molecule has 0 unspecified atom stereocenters. The molecule has 0 atom stereocenters. The minimum absolute atomic E-state index is 0.0986. The summed E-state index contributed by atoms with van der Waals surface area (Å²) in [6.07, 6.45) is 5.86. The number of hydrogen-bond acceptors (Lipinski definition) is 5. The van der Waals surface area contributed by atoms with Gasteiger partial charge in [-0.25, -0.2) is 0 Å². The van der Waals surface area contributed by atoms with E-state index in [-0.39, 0.29) is 12.5 Å². The Hall–Kier alpha value is -1.44. The average Bonchev–Trinajstić information content (AvgIpc) is 2.93. The molecule has 1 aliphatic carbocycles. The quantitative estimate of drug-likeness (QED) is 0.746. The van der Waals surface area contributed by atoms with E-state index in [1.54, 1.807) is 0 Å². The number of carbonyl (C=O) groups is 2. The van der Waals surface area contributed by atoms with Gasteiger partial charge in [-0.05, 0) is 63.1 Å². The molecule has 6 nitrogen and oxygen atoms in total. The number of fused-ring (bicyclic) bond motifs is 1. The highest BCUT2D eigenvalue weighted by Gasteiger charge is 2.26. The summed E-state index contributed by atoms with van der Waals surface area (Å²) >= 11 is 1.50. The molecule has 1 aromatic rings. The molecule has 24 heavy (non-hydrogen) atoms. The second kappa shape index (κ2) is 7.63. The zero-order valence-electron chi connectivity index (χ0n) is 13.8. The first kappa shape index (κ1) is 17.4. The van der Waals surface area contributed by atoms with Gasteiger partial charge in [-0.15, -0.1) is 11.3 Å². The molecule has 1 aromatic heterocycles. The summed E-state index contributed by atoms with van der Waals surface area (Å²) in [6, 6.07) is 0. The summed E-state index contributed by atoms with van der Waals surface area (Å²) in [5.74, 6) is -0.193. The monoisotopic (exact) mass is 351 g/mol. The molecule has 2 amide bonds. The normalized spacial score (nSPS) is 19.0. The van der Waals surface area contributed by atoms with E-state index in [9.17, 15) is 14.7 Å². The van der Waals surface area contributed by atoms with Gasteiger partial charge in [0.1, 0.15) is 5.00 Å². The number of nitrogens with zero attached hydrogens (tertiary/aromatic N) is 1. The lowest BCUT2D eigenvalue weighted by atomic mass is 9.95. The summed E-state index contributed by atoms with van der Waals surface area (Å²) in [5.41, 5.74) is 7.11. The smallest absolute Gasteiger partial charge is 0.251 e. The van der Waals surface area contributed by atoms with Crippen LogP contribution in [0.5, 0.6) is 0 Å². The summed E-state index contributed by atoms with van der Waals surface area (Å²) in [5, 5.41) is 12.7. The van der Waals surface area contributed by atoms with Gasteiger partial charge in [0, 0.05) is 11.5 Å². The van der Waals surface area contributed by atoms with E-state index < -0.39 is 5.91 Å². The van der Waals surface area contributed by atoms with E-state index >= 15 is 0 Å². The Kier molecular flexibility index (Phi) is 5.53. The van der Waals surface area contributed by atoms with Crippen LogP contribution in [0.4, 0.5) is 5.00 Å². The summed E-state index contributed by atoms with van der Waals surface area (Å²) in [7, 11) is 0. The van der Waals surface area contributed by atoms with Crippen LogP contribution in [0.25, 0.3) is 0 Å². The molecule has 7 heteroatoms. The number of thiophene rings is 1. The third-order valence-electron chi connectivity index (χ3n) is 5.00. The van der Waals surface area contributed by atoms with Gasteiger partial charge in [-0.1, -0.05) is 0 Å². The fraction of sp³-hybridized carbons (Fsp3) is 0.647. The van der Waals surface area contributed by atoms with Gasteiger partial charge >= 0.3 is 0 Å². The molecule has 0 bridgehead atoms. The number of likely N-dealkylation sites (tertiary alicyclic amines) is 1. The summed E-state index contributed by atoms with van der Waals surface area (Å²) < 4.78 is 0. The van der Waals surface area contributed by atoms with Crippen molar-refractivity contribution in [2.45, 2.75) is 38.5 Å². The molecule has 2 aliphatic rings. The number of primary amides is 1. The highest BCUT2D eigenvalue weighted by molar-refractivity contribution is 7.17. The fourth-order valence-corrected chi connectivity index (χ4v) is 4.92. The number of nitrogens with two attached hydrogens (primary N) is 1. The number of aliphatic hydroxyl groups excluding tert-OH is 1. The number of aliphatic hydroxyl groups is 1. The van der Waals surface area contributed by atoms with Crippen LogP contribution < -0.4 is 11.1 Å². The predicted octanol–water partition coefficient (Wildman–Crippen LogP) is 1.37. The third kappa shape index (κ3) is 3.79. The van der Waals surface area contributed by atoms with E-state index in [1.165, 1.54) is 16.2 Å². The summed E-state index contributed by atoms with van der Waals surface area (Å²) in [6.45, 7) is 2.19. The first-order valence-corrected chi connectivity index (χ1v) is 9.47. The Balaban J connectivity index is 1.64. The molecule has 0 spiro atoms. The Morgan fingerprint density at radius 3 is 2.62 bits per heavy atom. The largest absolute Gasteiger partial charge is 0.396 e. The van der Waals surface area contributed by atoms with Crippen molar-refractivity contribution in [1.82, 2.24) is 4.90 Å². The molecule has 0 aromatic carbocycles. The van der Waals surface area contributed by atoms with Crippen LogP contribution in [0, 0.1) is 5.92 Å². The molecule has 1 fully saturated rings. The van der Waals surface area contributed by atoms with Crippen LogP contribution in [-0.4, -0.2) is 48.1 Å². The van der Waals surface area contributed by atoms with E-state index in [4.69, 9.17) is 5.73 Å². The highest BCUT2D eigenvalue weighted by Crippen LogP contribution is 2.37. The van der Waals surface area contributed by atoms with Crippen LogP contribution in [0.1, 0.15) is 46.5 Å². The third-order valence-corrected chi connectivity index (χ3v) is 6.21. The van der Waals surface area contributed by atoms with Gasteiger partial charge in [-0.2, -0.15) is 0 Å². The van der Waals surface area contributed by atoms with Crippen molar-refractivity contribution in [2.24, 2.45) is 11.7 Å². The fourth-order valence-electron chi connectivity index (χ4n) is 3.61. The summed E-state index contributed by atoms with van der Waals surface area (Å²) in [4.78, 5) is 27.5. The van der Waals surface area contributed by atoms with Gasteiger partial charge in [-0.3, -0.25) is 14.5 Å². The standard InChI is InChI=1S/C17H25N3O3S/c18-16(23)15-12-3-1-2-4-13(12)24-17(15)19-14(22)9-20-7-5-11(10-21)6-8-20/h11,21H,1-10H2,(H2,18,23)(H,19,22). The Morgan fingerprint density at radius 1 is 1.25 bits per heavy atom. The highest BCUT2D eigenvalue weighted by atomic mass is 32.1. The molecule has 0 saturated carbocycles. The number of anilines is 1. The van der Waals surface area contributed by atoms with Crippen molar-refractivity contribution in [3.8, 4) is 0 Å². The maximum absolute atomic E-state index is 12.4. The van der Waals surface area contributed by atoms with Gasteiger partial charge in [0.15, 0.2) is 0 Å². The van der Waals surface area contributed by atoms with Gasteiger partial charge in [0.05, 0.1) is 12.1 Å². The van der Waals surface area contributed by atoms with Crippen molar-refractivity contribution in [3.05, 3.63) is 16.0 Å². The van der Waals surface area contributed by atoms with E-state index in [1.807, 2.05) is 0 Å². The molecule has 0 radical (unpaired) electrons. The van der Waals surface area contributed by atoms with Crippen molar-refractivity contribution in [2.75, 3.05) is 31.6 Å². The molecule has 1 saturated heterocycles. The molecule has 3 rings (SSSR count). The second-order valence-corrected chi connectivity index (χ2v) is 7.83. The Bertz CT molecular complexity index is 621. The van der Waals surface area contributed by atoms with Crippen LogP contribution in [0.3, 0.4) is 0 Å². The second-order valence-electron chi connectivity index (χ2n) is 6.73. The van der Waals surface area contributed by atoms with Crippen LogP contribution in [-0.2, 0) is 17.6 Å². The minimum Gasteiger partial charge on any atom is -0.396 e. The van der Waals surface area contributed by atoms with Gasteiger partial charge < -0.3 is 16.2 Å². The Morgan fingerprint density at radius 2 is 1.96 bits per heavy atom. The van der Waals surface area contributed by atoms with Crippen LogP contribution in [0.15, 0.2) is 0 Å². The topological polar surface area (TPSA) is 95.7 Å². The van der Waals surface area contributed by atoms with E-state index in [0.29, 0.717) is 23.0 Å². The van der Waals surface area contributed by atoms with Crippen molar-refractivity contribution >= 4 is 28.2 Å². The van der Waals surface area contributed by atoms with Gasteiger partial charge in [0.2, 0.25) is 5.91 Å². The van der Waals surface area contributed by atoms with Gasteiger partial charge in [0.25, 0.3) is 5.91 Å². The van der Waals surface area contributed by atoms with Crippen LogP contribution in [0.2, 0.25) is 0 Å². The zero-order valence-corrected chi connectivity index (χ0v) is 14.7. The number of hydrogen-bond donors (Lipinski definition) is 3. The van der Waals surface area contributed by atoms with Crippen molar-refractivity contribution in [1.29, 1.82) is 0 Å². The average molecular weight is 351 g/mol. The maximum Gasteiger partial charge on any atom is 0.251 e. The van der Waals surface area contributed by atoms with Crippen molar-refractivity contribution < 1.29 is 14.7 Å². The van der Waals surface area contributed by atoms with Crippen molar-refractivity contribution in [3.63, 3.8) is 0 Å². The maximum atomic E-state index is 12.4. The molecule has 132 valence electrons. The number of rotatable bonds is 5. The first-order valence-electron chi connectivity index (χ1n) is 8.66. The first-order chi connectivity index (χ1) is 11.6. The SMILES string of the molecule is NC(=O)c1c(NC(=O)CN2CCC(CO)CC2)sc2c1CCCC2. The Labute approximate surface area is 146 Å². The zero-order chi connectivity index (χ0) is 17.1. The predicted molar refractivity (Wildman–Crippen MR) is 94.4 cm³/mol. The lowest BCUT2D eigenvalue weighted by Crippen LogP contribution is -2.39. The molecule has 2 heterocycles. The minimum atomic E-state index is -0.450. The van der Waals surface area contributed by atoms with E-state index in [0.717, 1.165) is 57.2 Å². The lowest BCUT2D eigenvalue weighted by Gasteiger charge is -2.30. The number of piperidine rings is 1. The number of aryl methyl sites for hydroxylation is 1. The molecule has 4 N–H and O–H groups in total.